The third-order valence-corrected chi connectivity index (χ3v) is 2.27. The first-order chi connectivity index (χ1) is 7.49. The zero-order valence-corrected chi connectivity index (χ0v) is 10.1. The molecular weight excluding hydrogens is 202 g/mol. The fraction of sp³-hybridized carbons (Fsp3) is 0.500. The average molecular weight is 221 g/mol. The molecule has 0 saturated heterocycles. The molecule has 88 valence electrons. The van der Waals surface area contributed by atoms with Crippen molar-refractivity contribution in [3.63, 3.8) is 0 Å². The molecule has 0 radical (unpaired) electrons. The van der Waals surface area contributed by atoms with E-state index in [2.05, 4.69) is 4.98 Å². The van der Waals surface area contributed by atoms with Crippen LogP contribution in [0.15, 0.2) is 18.2 Å². The monoisotopic (exact) mass is 221 g/mol. The third-order valence-electron chi connectivity index (χ3n) is 2.27. The SMILES string of the molecule is Cc1cccc(CN(C)C(=O)CC(C)N)n1. The molecule has 1 unspecified atom stereocenters. The molecule has 0 aliphatic heterocycles. The molecule has 0 saturated carbocycles. The van der Waals surface area contributed by atoms with E-state index in [1.807, 2.05) is 32.0 Å². The largest absolute Gasteiger partial charge is 0.340 e. The maximum Gasteiger partial charge on any atom is 0.224 e. The van der Waals surface area contributed by atoms with Crippen LogP contribution in [-0.4, -0.2) is 28.9 Å². The Kier molecular flexibility index (Phi) is 4.43. The van der Waals surface area contributed by atoms with E-state index in [4.69, 9.17) is 5.73 Å². The fourth-order valence-electron chi connectivity index (χ4n) is 1.45. The maximum atomic E-state index is 11.7. The van der Waals surface area contributed by atoms with Crippen LogP contribution in [0.3, 0.4) is 0 Å². The second-order valence-corrected chi connectivity index (χ2v) is 4.20. The highest BCUT2D eigenvalue weighted by atomic mass is 16.2. The quantitative estimate of drug-likeness (QED) is 0.827. The van der Waals surface area contributed by atoms with Gasteiger partial charge in [-0.25, -0.2) is 0 Å². The number of hydrogen-bond acceptors (Lipinski definition) is 3. The van der Waals surface area contributed by atoms with Crippen molar-refractivity contribution in [3.05, 3.63) is 29.6 Å². The first-order valence-corrected chi connectivity index (χ1v) is 5.41. The number of nitrogens with zero attached hydrogens (tertiary/aromatic N) is 2. The highest BCUT2D eigenvalue weighted by Crippen LogP contribution is 2.03. The first kappa shape index (κ1) is 12.6. The van der Waals surface area contributed by atoms with Crippen LogP contribution in [0.1, 0.15) is 24.7 Å². The lowest BCUT2D eigenvalue weighted by Crippen LogP contribution is -2.31. The Morgan fingerprint density at radius 1 is 1.56 bits per heavy atom. The second kappa shape index (κ2) is 5.61. The highest BCUT2D eigenvalue weighted by molar-refractivity contribution is 5.76. The Bertz CT molecular complexity index is 363. The standard InChI is InChI=1S/C12H19N3O/c1-9(13)7-12(16)15(3)8-11-6-4-5-10(2)14-11/h4-6,9H,7-8,13H2,1-3H3. The van der Waals surface area contributed by atoms with E-state index in [1.165, 1.54) is 0 Å². The molecule has 0 spiro atoms. The van der Waals surface area contributed by atoms with Gasteiger partial charge in [0.1, 0.15) is 0 Å². The second-order valence-electron chi connectivity index (χ2n) is 4.20. The summed E-state index contributed by atoms with van der Waals surface area (Å²) in [7, 11) is 1.77. The molecule has 1 aromatic heterocycles. The lowest BCUT2D eigenvalue weighted by molar-refractivity contribution is -0.130. The third kappa shape index (κ3) is 3.98. The summed E-state index contributed by atoms with van der Waals surface area (Å²) in [5.74, 6) is 0.0540. The summed E-state index contributed by atoms with van der Waals surface area (Å²) in [5, 5.41) is 0. The molecule has 2 N–H and O–H groups in total. The summed E-state index contributed by atoms with van der Waals surface area (Å²) in [5.41, 5.74) is 7.45. The van der Waals surface area contributed by atoms with Crippen LogP contribution >= 0.6 is 0 Å². The molecular formula is C12H19N3O. The van der Waals surface area contributed by atoms with Gasteiger partial charge in [-0.2, -0.15) is 0 Å². The normalized spacial score (nSPS) is 12.2. The number of amides is 1. The van der Waals surface area contributed by atoms with Crippen molar-refractivity contribution >= 4 is 5.91 Å². The summed E-state index contributed by atoms with van der Waals surface area (Å²) < 4.78 is 0. The van der Waals surface area contributed by atoms with E-state index >= 15 is 0 Å². The zero-order chi connectivity index (χ0) is 12.1. The smallest absolute Gasteiger partial charge is 0.224 e. The Morgan fingerprint density at radius 3 is 2.81 bits per heavy atom. The highest BCUT2D eigenvalue weighted by Gasteiger charge is 2.11. The minimum Gasteiger partial charge on any atom is -0.340 e. The summed E-state index contributed by atoms with van der Waals surface area (Å²) >= 11 is 0. The van der Waals surface area contributed by atoms with Crippen molar-refractivity contribution < 1.29 is 4.79 Å². The zero-order valence-electron chi connectivity index (χ0n) is 10.1. The number of carbonyl (C=O) groups is 1. The molecule has 0 aliphatic rings. The maximum absolute atomic E-state index is 11.7. The summed E-state index contributed by atoms with van der Waals surface area (Å²) in [4.78, 5) is 17.7. The van der Waals surface area contributed by atoms with Crippen molar-refractivity contribution in [2.75, 3.05) is 7.05 Å². The molecule has 1 atom stereocenters. The molecule has 4 heteroatoms. The summed E-state index contributed by atoms with van der Waals surface area (Å²) in [6.07, 6.45) is 0.377. The van der Waals surface area contributed by atoms with Gasteiger partial charge in [0.2, 0.25) is 5.91 Å². The topological polar surface area (TPSA) is 59.2 Å². The minimum atomic E-state index is -0.0968. The van der Waals surface area contributed by atoms with Crippen molar-refractivity contribution in [2.24, 2.45) is 5.73 Å². The number of hydrogen-bond donors (Lipinski definition) is 1. The van der Waals surface area contributed by atoms with Gasteiger partial charge in [0.15, 0.2) is 0 Å². The average Bonchev–Trinajstić information content (AvgIpc) is 2.16. The first-order valence-electron chi connectivity index (χ1n) is 5.41. The van der Waals surface area contributed by atoms with Crippen LogP contribution in [-0.2, 0) is 11.3 Å². The number of carbonyl (C=O) groups excluding carboxylic acids is 1. The predicted molar refractivity (Wildman–Crippen MR) is 63.7 cm³/mol. The van der Waals surface area contributed by atoms with E-state index in [0.29, 0.717) is 13.0 Å². The van der Waals surface area contributed by atoms with Gasteiger partial charge < -0.3 is 10.6 Å². The molecule has 0 fully saturated rings. The van der Waals surface area contributed by atoms with Gasteiger partial charge in [-0.15, -0.1) is 0 Å². The van der Waals surface area contributed by atoms with E-state index < -0.39 is 0 Å². The Labute approximate surface area is 96.5 Å². The van der Waals surface area contributed by atoms with Crippen molar-refractivity contribution in [1.29, 1.82) is 0 Å². The van der Waals surface area contributed by atoms with Gasteiger partial charge in [-0.3, -0.25) is 9.78 Å². The van der Waals surface area contributed by atoms with Gasteiger partial charge in [0.25, 0.3) is 0 Å². The summed E-state index contributed by atoms with van der Waals surface area (Å²) in [6.45, 7) is 4.30. The molecule has 1 rings (SSSR count). The van der Waals surface area contributed by atoms with Crippen molar-refractivity contribution in [2.45, 2.75) is 32.9 Å². The number of aromatic nitrogens is 1. The molecule has 0 aromatic carbocycles. The Balaban J connectivity index is 2.57. The molecule has 0 bridgehead atoms. The van der Waals surface area contributed by atoms with Gasteiger partial charge >= 0.3 is 0 Å². The van der Waals surface area contributed by atoms with Crippen molar-refractivity contribution in [1.82, 2.24) is 9.88 Å². The van der Waals surface area contributed by atoms with Gasteiger partial charge in [-0.1, -0.05) is 6.07 Å². The van der Waals surface area contributed by atoms with Crippen LogP contribution < -0.4 is 5.73 Å². The fourth-order valence-corrected chi connectivity index (χ4v) is 1.45. The van der Waals surface area contributed by atoms with Crippen LogP contribution in [0.25, 0.3) is 0 Å². The molecule has 4 nitrogen and oxygen atoms in total. The van der Waals surface area contributed by atoms with E-state index in [0.717, 1.165) is 11.4 Å². The summed E-state index contributed by atoms with van der Waals surface area (Å²) in [6, 6.07) is 5.71. The lowest BCUT2D eigenvalue weighted by atomic mass is 10.2. The molecule has 0 aliphatic carbocycles. The van der Waals surface area contributed by atoms with Crippen molar-refractivity contribution in [3.8, 4) is 0 Å². The Hall–Kier alpha value is -1.42. The van der Waals surface area contributed by atoms with Gasteiger partial charge in [0, 0.05) is 25.2 Å². The minimum absolute atomic E-state index is 0.0540. The van der Waals surface area contributed by atoms with Crippen LogP contribution in [0.2, 0.25) is 0 Å². The lowest BCUT2D eigenvalue weighted by Gasteiger charge is -2.18. The molecule has 1 aromatic rings. The van der Waals surface area contributed by atoms with Gasteiger partial charge in [0.05, 0.1) is 12.2 Å². The number of pyridine rings is 1. The molecule has 16 heavy (non-hydrogen) atoms. The van der Waals surface area contributed by atoms with Gasteiger partial charge in [-0.05, 0) is 26.0 Å². The predicted octanol–water partition coefficient (Wildman–Crippen LogP) is 1.09. The number of nitrogens with two attached hydrogens (primary N) is 1. The number of aryl methyl sites for hydroxylation is 1. The van der Waals surface area contributed by atoms with E-state index in [1.54, 1.807) is 11.9 Å². The van der Waals surface area contributed by atoms with Crippen LogP contribution in [0.5, 0.6) is 0 Å². The van der Waals surface area contributed by atoms with Crippen LogP contribution in [0, 0.1) is 6.92 Å². The Morgan fingerprint density at radius 2 is 2.25 bits per heavy atom. The van der Waals surface area contributed by atoms with Crippen LogP contribution in [0.4, 0.5) is 0 Å². The van der Waals surface area contributed by atoms with E-state index in [-0.39, 0.29) is 11.9 Å². The van der Waals surface area contributed by atoms with E-state index in [9.17, 15) is 4.79 Å². The molecule has 1 amide bonds. The number of rotatable bonds is 4. The molecule has 1 heterocycles.